The molecule has 0 saturated carbocycles. The lowest BCUT2D eigenvalue weighted by molar-refractivity contribution is 0.0590. The van der Waals surface area contributed by atoms with E-state index in [9.17, 15) is 14.4 Å². The van der Waals surface area contributed by atoms with Crippen LogP contribution in [0.1, 0.15) is 36.6 Å². The first-order chi connectivity index (χ1) is 10.9. The molecule has 1 N–H and O–H groups in total. The van der Waals surface area contributed by atoms with Gasteiger partial charge in [-0.05, 0) is 6.42 Å². The molecule has 0 spiro atoms. The zero-order valence-corrected chi connectivity index (χ0v) is 14.0. The monoisotopic (exact) mass is 326 g/mol. The summed E-state index contributed by atoms with van der Waals surface area (Å²) in [6.07, 6.45) is 0.286. The molecule has 1 aromatic heterocycles. The average Bonchev–Trinajstić information content (AvgIpc) is 2.87. The fraction of sp³-hybridized carbons (Fsp3) is 0.571. The lowest BCUT2D eigenvalue weighted by atomic mass is 10.3. The van der Waals surface area contributed by atoms with E-state index in [1.165, 1.54) is 12.0 Å². The summed E-state index contributed by atoms with van der Waals surface area (Å²) in [5.74, 6) is 0.161. The molecule has 0 aliphatic rings. The molecule has 1 rings (SSSR count). The summed E-state index contributed by atoms with van der Waals surface area (Å²) in [6.45, 7) is 4.01. The largest absolute Gasteiger partial charge is 0.464 e. The Balaban J connectivity index is 3.33. The highest BCUT2D eigenvalue weighted by atomic mass is 16.5. The van der Waals surface area contributed by atoms with Gasteiger partial charge < -0.3 is 14.0 Å². The van der Waals surface area contributed by atoms with E-state index in [-0.39, 0.29) is 18.1 Å². The van der Waals surface area contributed by atoms with Gasteiger partial charge in [-0.15, -0.1) is 0 Å². The van der Waals surface area contributed by atoms with Crippen molar-refractivity contribution in [1.82, 2.24) is 14.9 Å². The molecule has 1 heterocycles. The van der Waals surface area contributed by atoms with E-state index in [1.807, 2.05) is 13.8 Å². The third kappa shape index (κ3) is 3.99. The van der Waals surface area contributed by atoms with Gasteiger partial charge in [0.2, 0.25) is 0 Å². The van der Waals surface area contributed by atoms with Crippen LogP contribution in [0.3, 0.4) is 0 Å². The Morgan fingerprint density at radius 3 is 2.35 bits per heavy atom. The van der Waals surface area contributed by atoms with Crippen molar-refractivity contribution in [3.63, 3.8) is 0 Å². The minimum Gasteiger partial charge on any atom is -0.464 e. The number of aromatic nitrogens is 2. The van der Waals surface area contributed by atoms with Crippen molar-refractivity contribution >= 4 is 23.9 Å². The Bertz CT molecular complexity index is 596. The number of hydrogen-bond acceptors (Lipinski definition) is 6. The third-order valence-corrected chi connectivity index (χ3v) is 3.21. The number of hydrogen-bond donors (Lipinski definition) is 1. The Labute approximate surface area is 134 Å². The number of anilines is 1. The minimum atomic E-state index is -0.887. The smallest absolute Gasteiger partial charge is 0.415 e. The molecule has 0 saturated heterocycles. The summed E-state index contributed by atoms with van der Waals surface area (Å²) in [4.78, 5) is 41.2. The van der Waals surface area contributed by atoms with Gasteiger partial charge >= 0.3 is 18.1 Å². The number of esters is 1. The lowest BCUT2D eigenvalue weighted by Crippen LogP contribution is -2.44. The zero-order valence-electron chi connectivity index (χ0n) is 14.0. The number of imide groups is 1. The van der Waals surface area contributed by atoms with Crippen LogP contribution in [0.4, 0.5) is 15.4 Å². The van der Waals surface area contributed by atoms with E-state index in [2.05, 4.69) is 15.0 Å². The number of amides is 3. The molecule has 23 heavy (non-hydrogen) atoms. The summed E-state index contributed by atoms with van der Waals surface area (Å²) < 4.78 is 10.8. The highest BCUT2D eigenvalue weighted by molar-refractivity contribution is 6.04. The van der Waals surface area contributed by atoms with E-state index < -0.39 is 18.1 Å². The normalized spacial score (nSPS) is 10.1. The van der Waals surface area contributed by atoms with Gasteiger partial charge in [-0.2, -0.15) is 0 Å². The average molecular weight is 326 g/mol. The minimum absolute atomic E-state index is 0.151. The van der Waals surface area contributed by atoms with Crippen LogP contribution in [-0.2, 0) is 22.9 Å². The van der Waals surface area contributed by atoms with Crippen molar-refractivity contribution < 1.29 is 23.9 Å². The number of carbonyl (C=O) groups is 3. The van der Waals surface area contributed by atoms with Gasteiger partial charge in [-0.25, -0.2) is 24.7 Å². The van der Waals surface area contributed by atoms with Crippen LogP contribution in [-0.4, -0.2) is 48.4 Å². The predicted molar refractivity (Wildman–Crippen MR) is 82.5 cm³/mol. The van der Waals surface area contributed by atoms with E-state index in [0.29, 0.717) is 18.7 Å². The number of rotatable bonds is 5. The molecule has 0 atom stereocenters. The first kappa shape index (κ1) is 18.5. The second-order valence-electron chi connectivity index (χ2n) is 4.68. The van der Waals surface area contributed by atoms with Crippen molar-refractivity contribution in [2.24, 2.45) is 7.05 Å². The van der Waals surface area contributed by atoms with Crippen LogP contribution in [0.25, 0.3) is 0 Å². The molecule has 0 fully saturated rings. The Morgan fingerprint density at radius 2 is 1.87 bits per heavy atom. The molecule has 0 unspecified atom stereocenters. The number of urea groups is 1. The van der Waals surface area contributed by atoms with Gasteiger partial charge in [0.15, 0.2) is 11.5 Å². The van der Waals surface area contributed by atoms with Crippen LogP contribution < -0.4 is 10.2 Å². The van der Waals surface area contributed by atoms with Crippen LogP contribution in [0.2, 0.25) is 0 Å². The fourth-order valence-corrected chi connectivity index (χ4v) is 2.09. The number of aryl methyl sites for hydroxylation is 1. The van der Waals surface area contributed by atoms with Gasteiger partial charge in [0.05, 0.1) is 14.2 Å². The molecular weight excluding hydrogens is 304 g/mol. The maximum atomic E-state index is 12.3. The zero-order chi connectivity index (χ0) is 17.6. The molecule has 3 amide bonds. The highest BCUT2D eigenvalue weighted by Gasteiger charge is 2.29. The van der Waals surface area contributed by atoms with Crippen molar-refractivity contribution in [3.05, 3.63) is 11.5 Å². The van der Waals surface area contributed by atoms with Gasteiger partial charge in [0, 0.05) is 20.0 Å². The molecule has 1 aromatic rings. The Morgan fingerprint density at radius 1 is 1.22 bits per heavy atom. The van der Waals surface area contributed by atoms with Gasteiger partial charge in [-0.1, -0.05) is 13.8 Å². The number of imidazole rings is 1. The van der Waals surface area contributed by atoms with Gasteiger partial charge in [-0.3, -0.25) is 4.90 Å². The molecule has 9 nitrogen and oxygen atoms in total. The van der Waals surface area contributed by atoms with Crippen molar-refractivity contribution in [1.29, 1.82) is 0 Å². The summed E-state index contributed by atoms with van der Waals surface area (Å²) in [5.41, 5.74) is 0.151. The molecule has 9 heteroatoms. The summed E-state index contributed by atoms with van der Waals surface area (Å²) in [7, 11) is 4.08. The predicted octanol–water partition coefficient (Wildman–Crippen LogP) is 1.46. The molecule has 128 valence electrons. The number of methoxy groups -OCH3 is 2. The molecule has 0 aromatic carbocycles. The quantitative estimate of drug-likeness (QED) is 0.822. The van der Waals surface area contributed by atoms with Gasteiger partial charge in [0.25, 0.3) is 0 Å². The molecule has 0 aliphatic carbocycles. The number of ether oxygens (including phenoxy) is 2. The summed E-state index contributed by atoms with van der Waals surface area (Å²) >= 11 is 0. The number of nitrogens with zero attached hydrogens (tertiary/aromatic N) is 3. The second kappa shape index (κ2) is 8.16. The first-order valence-corrected chi connectivity index (χ1v) is 7.21. The van der Waals surface area contributed by atoms with Crippen LogP contribution in [0.15, 0.2) is 0 Å². The standard InChI is InChI=1S/C14H22N4O5/c1-6-8-18(13(20)16-14(21)23-5)11-10(12(19)22-4)17(3)9(7-2)15-11/h6-8H2,1-5H3,(H,16,20,21). The molecular formula is C14H22N4O5. The Hall–Kier alpha value is -2.58. The topological polar surface area (TPSA) is 103 Å². The second-order valence-corrected chi connectivity index (χ2v) is 4.68. The van der Waals surface area contributed by atoms with E-state index in [4.69, 9.17) is 4.74 Å². The lowest BCUT2D eigenvalue weighted by Gasteiger charge is -2.20. The van der Waals surface area contributed by atoms with E-state index >= 15 is 0 Å². The number of alkyl carbamates (subject to hydrolysis) is 1. The molecule has 0 radical (unpaired) electrons. The molecule has 0 bridgehead atoms. The maximum absolute atomic E-state index is 12.3. The van der Waals surface area contributed by atoms with Gasteiger partial charge in [0.1, 0.15) is 5.82 Å². The van der Waals surface area contributed by atoms with Crippen molar-refractivity contribution in [2.75, 3.05) is 25.7 Å². The van der Waals surface area contributed by atoms with Crippen LogP contribution >= 0.6 is 0 Å². The highest BCUT2D eigenvalue weighted by Crippen LogP contribution is 2.22. The third-order valence-electron chi connectivity index (χ3n) is 3.21. The van der Waals surface area contributed by atoms with Crippen LogP contribution in [0, 0.1) is 0 Å². The Kier molecular flexibility index (Phi) is 6.55. The summed E-state index contributed by atoms with van der Waals surface area (Å²) in [6, 6.07) is -0.718. The fourth-order valence-electron chi connectivity index (χ4n) is 2.09. The maximum Gasteiger partial charge on any atom is 0.415 e. The first-order valence-electron chi connectivity index (χ1n) is 7.21. The van der Waals surface area contributed by atoms with Crippen molar-refractivity contribution in [3.8, 4) is 0 Å². The van der Waals surface area contributed by atoms with Crippen LogP contribution in [0.5, 0.6) is 0 Å². The number of carbonyl (C=O) groups excluding carboxylic acids is 3. The SMILES string of the molecule is CCCN(C(=O)NC(=O)OC)c1nc(CC)n(C)c1C(=O)OC. The van der Waals surface area contributed by atoms with E-state index in [0.717, 1.165) is 7.11 Å². The van der Waals surface area contributed by atoms with E-state index in [1.54, 1.807) is 11.6 Å². The number of nitrogens with one attached hydrogen (secondary N) is 1. The molecule has 0 aliphatic heterocycles. The summed E-state index contributed by atoms with van der Waals surface area (Å²) in [5, 5.41) is 2.07. The van der Waals surface area contributed by atoms with Crippen molar-refractivity contribution in [2.45, 2.75) is 26.7 Å².